The highest BCUT2D eigenvalue weighted by atomic mass is 79.9. The molecule has 2 aromatic heterocycles. The van der Waals surface area contributed by atoms with Gasteiger partial charge in [-0.15, -0.1) is 22.7 Å². The summed E-state index contributed by atoms with van der Waals surface area (Å²) in [5, 5.41) is 5.01. The molecule has 0 fully saturated rings. The minimum Gasteiger partial charge on any atom is -0.306 e. The number of rotatable bonds is 5. The van der Waals surface area contributed by atoms with E-state index in [1.165, 1.54) is 24.3 Å². The lowest BCUT2D eigenvalue weighted by Gasteiger charge is -2.16. The van der Waals surface area contributed by atoms with Gasteiger partial charge in [-0.25, -0.2) is 0 Å². The van der Waals surface area contributed by atoms with Crippen LogP contribution in [0.15, 0.2) is 44.0 Å². The van der Waals surface area contributed by atoms with Crippen LogP contribution in [-0.4, -0.2) is 6.54 Å². The third-order valence-electron chi connectivity index (χ3n) is 3.32. The largest absolute Gasteiger partial charge is 0.306 e. The predicted octanol–water partition coefficient (Wildman–Crippen LogP) is 6.58. The summed E-state index contributed by atoms with van der Waals surface area (Å²) in [4.78, 5) is 1.37. The molecule has 0 aliphatic rings. The van der Waals surface area contributed by atoms with Gasteiger partial charge in [0.1, 0.15) is 0 Å². The van der Waals surface area contributed by atoms with E-state index < -0.39 is 0 Å². The van der Waals surface area contributed by atoms with Crippen molar-refractivity contribution < 1.29 is 0 Å². The number of hydrogen-bond acceptors (Lipinski definition) is 3. The summed E-state index contributed by atoms with van der Waals surface area (Å²) in [6.07, 6.45) is 1.13. The van der Waals surface area contributed by atoms with Crippen molar-refractivity contribution in [3.63, 3.8) is 0 Å². The van der Waals surface area contributed by atoms with Crippen LogP contribution in [0.4, 0.5) is 0 Å². The summed E-state index contributed by atoms with van der Waals surface area (Å²) < 4.78 is 3.70. The summed E-state index contributed by atoms with van der Waals surface area (Å²) in [6.45, 7) is 3.21. The van der Waals surface area contributed by atoms with Gasteiger partial charge in [-0.3, -0.25) is 0 Å². The second-order valence-corrected chi connectivity index (χ2v) is 9.72. The molecule has 1 atom stereocenters. The Morgan fingerprint density at radius 3 is 2.62 bits per heavy atom. The maximum atomic E-state index is 3.70. The number of thiophene rings is 2. The zero-order chi connectivity index (χ0) is 14.8. The molecule has 0 saturated heterocycles. The van der Waals surface area contributed by atoms with Crippen molar-refractivity contribution in [3.05, 3.63) is 54.4 Å². The van der Waals surface area contributed by atoms with Gasteiger partial charge in [-0.05, 0) is 68.4 Å². The van der Waals surface area contributed by atoms with Crippen molar-refractivity contribution in [2.45, 2.75) is 19.4 Å². The van der Waals surface area contributed by atoms with Crippen LogP contribution >= 0.6 is 54.5 Å². The third-order valence-corrected chi connectivity index (χ3v) is 6.89. The Hall–Kier alpha value is -0.200. The van der Waals surface area contributed by atoms with Gasteiger partial charge in [-0.1, -0.05) is 25.1 Å². The number of nitrogens with one attached hydrogen (secondary N) is 1. The summed E-state index contributed by atoms with van der Waals surface area (Å²) >= 11 is 10.9. The topological polar surface area (TPSA) is 12.0 Å². The molecule has 110 valence electrons. The summed E-state index contributed by atoms with van der Waals surface area (Å²) in [6, 6.07) is 13.4. The first kappa shape index (κ1) is 15.7. The molecule has 1 aromatic carbocycles. The van der Waals surface area contributed by atoms with Crippen molar-refractivity contribution >= 4 is 64.6 Å². The number of fused-ring (bicyclic) bond motifs is 1. The van der Waals surface area contributed by atoms with Crippen LogP contribution in [0.2, 0.25) is 0 Å². The van der Waals surface area contributed by atoms with E-state index in [4.69, 9.17) is 0 Å². The minimum absolute atomic E-state index is 0.249. The van der Waals surface area contributed by atoms with Crippen LogP contribution in [0, 0.1) is 0 Å². The van der Waals surface area contributed by atoms with Gasteiger partial charge in [0.15, 0.2) is 0 Å². The number of halogens is 2. The molecule has 0 radical (unpaired) electrons. The van der Waals surface area contributed by atoms with Crippen LogP contribution in [0.25, 0.3) is 10.1 Å². The second kappa shape index (κ2) is 6.92. The van der Waals surface area contributed by atoms with Gasteiger partial charge in [0.2, 0.25) is 0 Å². The van der Waals surface area contributed by atoms with Crippen molar-refractivity contribution in [1.82, 2.24) is 5.32 Å². The molecule has 1 nitrogen and oxygen atoms in total. The Labute approximate surface area is 149 Å². The van der Waals surface area contributed by atoms with E-state index in [-0.39, 0.29) is 6.04 Å². The summed E-state index contributed by atoms with van der Waals surface area (Å²) in [7, 11) is 0. The number of benzene rings is 1. The van der Waals surface area contributed by atoms with Gasteiger partial charge >= 0.3 is 0 Å². The molecule has 3 rings (SSSR count). The number of hydrogen-bond donors (Lipinski definition) is 1. The smallest absolute Gasteiger partial charge is 0.0762 e. The molecule has 0 saturated carbocycles. The van der Waals surface area contributed by atoms with Crippen LogP contribution in [0.5, 0.6) is 0 Å². The molecule has 5 heteroatoms. The molecular formula is C16H15Br2NS2. The van der Waals surface area contributed by atoms with Gasteiger partial charge in [-0.2, -0.15) is 0 Å². The van der Waals surface area contributed by atoms with Crippen molar-refractivity contribution in [1.29, 1.82) is 0 Å². The highest BCUT2D eigenvalue weighted by Crippen LogP contribution is 2.40. The summed E-state index contributed by atoms with van der Waals surface area (Å²) in [5.74, 6) is 0. The standard InChI is InChI=1S/C16H15Br2NS2/c1-2-7-19-15(11-9-14(17)21-16(11)18)13-8-10-5-3-4-6-12(10)20-13/h3-6,8-9,15,19H,2,7H2,1H3. The molecule has 0 bridgehead atoms. The fourth-order valence-corrected chi connectivity index (χ4v) is 6.41. The second-order valence-electron chi connectivity index (χ2n) is 4.85. The van der Waals surface area contributed by atoms with E-state index in [0.29, 0.717) is 0 Å². The average Bonchev–Trinajstić information content (AvgIpc) is 3.03. The van der Waals surface area contributed by atoms with E-state index in [1.807, 2.05) is 11.3 Å². The van der Waals surface area contributed by atoms with E-state index in [9.17, 15) is 0 Å². The summed E-state index contributed by atoms with van der Waals surface area (Å²) in [5.41, 5.74) is 1.31. The first-order chi connectivity index (χ1) is 10.2. The lowest BCUT2D eigenvalue weighted by atomic mass is 10.1. The zero-order valence-corrected chi connectivity index (χ0v) is 16.3. The molecule has 1 N–H and O–H groups in total. The van der Waals surface area contributed by atoms with Gasteiger partial charge in [0.05, 0.1) is 13.6 Å². The van der Waals surface area contributed by atoms with Crippen molar-refractivity contribution in [2.24, 2.45) is 0 Å². The molecule has 3 aromatic rings. The van der Waals surface area contributed by atoms with Gasteiger partial charge < -0.3 is 5.32 Å². The molecule has 0 aliphatic carbocycles. The van der Waals surface area contributed by atoms with Crippen LogP contribution in [0.3, 0.4) is 0 Å². The third kappa shape index (κ3) is 3.42. The Balaban J connectivity index is 2.04. The van der Waals surface area contributed by atoms with E-state index >= 15 is 0 Å². The molecule has 21 heavy (non-hydrogen) atoms. The monoisotopic (exact) mass is 443 g/mol. The van der Waals surface area contributed by atoms with Gasteiger partial charge in [0, 0.05) is 15.1 Å². The Bertz CT molecular complexity index is 715. The molecule has 0 aliphatic heterocycles. The molecular weight excluding hydrogens is 430 g/mol. The first-order valence-electron chi connectivity index (χ1n) is 6.85. The highest BCUT2D eigenvalue weighted by Gasteiger charge is 2.20. The molecule has 1 unspecified atom stereocenters. The quantitative estimate of drug-likeness (QED) is 0.468. The SMILES string of the molecule is CCCNC(c1cc2ccccc2s1)c1cc(Br)sc1Br. The van der Waals surface area contributed by atoms with Crippen LogP contribution in [-0.2, 0) is 0 Å². The molecule has 2 heterocycles. The fourth-order valence-electron chi connectivity index (χ4n) is 2.35. The minimum atomic E-state index is 0.249. The highest BCUT2D eigenvalue weighted by molar-refractivity contribution is 9.12. The van der Waals surface area contributed by atoms with E-state index in [0.717, 1.165) is 16.8 Å². The van der Waals surface area contributed by atoms with E-state index in [1.54, 1.807) is 11.3 Å². The van der Waals surface area contributed by atoms with Gasteiger partial charge in [0.25, 0.3) is 0 Å². The van der Waals surface area contributed by atoms with E-state index in [2.05, 4.69) is 80.5 Å². The Kier molecular flexibility index (Phi) is 5.17. The lowest BCUT2D eigenvalue weighted by Crippen LogP contribution is -2.22. The fraction of sp³-hybridized carbons (Fsp3) is 0.250. The predicted molar refractivity (Wildman–Crippen MR) is 102 cm³/mol. The van der Waals surface area contributed by atoms with Crippen LogP contribution in [0.1, 0.15) is 29.8 Å². The zero-order valence-electron chi connectivity index (χ0n) is 11.5. The Morgan fingerprint density at radius 1 is 1.14 bits per heavy atom. The Morgan fingerprint density at radius 2 is 1.95 bits per heavy atom. The maximum absolute atomic E-state index is 3.70. The molecule has 0 amide bonds. The first-order valence-corrected chi connectivity index (χ1v) is 10.1. The average molecular weight is 445 g/mol. The maximum Gasteiger partial charge on any atom is 0.0762 e. The van der Waals surface area contributed by atoms with Crippen LogP contribution < -0.4 is 5.32 Å². The van der Waals surface area contributed by atoms with Crippen molar-refractivity contribution in [3.8, 4) is 0 Å². The molecule has 0 spiro atoms. The lowest BCUT2D eigenvalue weighted by molar-refractivity contribution is 0.606. The normalized spacial score (nSPS) is 12.9. The van der Waals surface area contributed by atoms with Crippen molar-refractivity contribution in [2.75, 3.05) is 6.54 Å².